The predicted octanol–water partition coefficient (Wildman–Crippen LogP) is 4.97. The van der Waals surface area contributed by atoms with E-state index in [0.717, 1.165) is 49.1 Å². The van der Waals surface area contributed by atoms with Gasteiger partial charge < -0.3 is 9.64 Å². The van der Waals surface area contributed by atoms with Gasteiger partial charge in [0.15, 0.2) is 5.78 Å². The molecule has 0 radical (unpaired) electrons. The first kappa shape index (κ1) is 21.4. The number of rotatable bonds is 7. The number of anilines is 1. The van der Waals surface area contributed by atoms with Crippen LogP contribution < -0.4 is 5.32 Å². The van der Waals surface area contributed by atoms with Crippen LogP contribution in [0.25, 0.3) is 10.2 Å². The number of ether oxygens (including phenoxy) is 1. The number of ketones is 1. The van der Waals surface area contributed by atoms with Gasteiger partial charge in [-0.25, -0.2) is 14.2 Å². The molecule has 4 rings (SSSR count). The van der Waals surface area contributed by atoms with Crippen molar-refractivity contribution in [3.63, 3.8) is 0 Å². The van der Waals surface area contributed by atoms with Gasteiger partial charge in [-0.15, -0.1) is 11.3 Å². The summed E-state index contributed by atoms with van der Waals surface area (Å²) in [5.74, 6) is -0.253. The number of Topliss-reactive ketones (excluding diaryl/α,β-unsaturated/α-hetero) is 1. The van der Waals surface area contributed by atoms with Crippen LogP contribution in [0.4, 0.5) is 14.9 Å². The van der Waals surface area contributed by atoms with Crippen molar-refractivity contribution in [2.24, 2.45) is 5.92 Å². The molecule has 3 aromatic rings. The summed E-state index contributed by atoms with van der Waals surface area (Å²) in [6.45, 7) is 2.81. The maximum Gasteiger partial charge on any atom is 0.411 e. The van der Waals surface area contributed by atoms with Crippen LogP contribution >= 0.6 is 11.3 Å². The fourth-order valence-corrected chi connectivity index (χ4v) is 4.47. The Labute approximate surface area is 184 Å². The third-order valence-electron chi connectivity index (χ3n) is 5.52. The Morgan fingerprint density at radius 2 is 1.94 bits per heavy atom. The van der Waals surface area contributed by atoms with Crippen molar-refractivity contribution >= 4 is 39.1 Å². The van der Waals surface area contributed by atoms with Crippen molar-refractivity contribution in [2.75, 3.05) is 31.6 Å². The molecule has 1 fully saturated rings. The van der Waals surface area contributed by atoms with Gasteiger partial charge in [-0.3, -0.25) is 10.1 Å². The number of nitrogens with one attached hydrogen (secondary N) is 1. The van der Waals surface area contributed by atoms with Gasteiger partial charge in [-0.1, -0.05) is 0 Å². The van der Waals surface area contributed by atoms with Gasteiger partial charge in [-0.05, 0) is 74.8 Å². The van der Waals surface area contributed by atoms with Gasteiger partial charge in [0.1, 0.15) is 5.82 Å². The highest BCUT2D eigenvalue weighted by molar-refractivity contribution is 7.16. The van der Waals surface area contributed by atoms with Crippen LogP contribution in [0.15, 0.2) is 48.0 Å². The van der Waals surface area contributed by atoms with Crippen LogP contribution in [0.5, 0.6) is 0 Å². The molecule has 1 aromatic heterocycles. The minimum Gasteiger partial charge on any atom is -0.449 e. The van der Waals surface area contributed by atoms with Crippen molar-refractivity contribution in [3.05, 3.63) is 59.4 Å². The molecule has 1 saturated heterocycles. The second-order valence-corrected chi connectivity index (χ2v) is 8.52. The van der Waals surface area contributed by atoms with Crippen molar-refractivity contribution in [3.8, 4) is 0 Å². The van der Waals surface area contributed by atoms with Gasteiger partial charge in [-0.2, -0.15) is 0 Å². The van der Waals surface area contributed by atoms with E-state index in [-0.39, 0.29) is 17.5 Å². The smallest absolute Gasteiger partial charge is 0.411 e. The van der Waals surface area contributed by atoms with Crippen LogP contribution in [0.1, 0.15) is 29.6 Å². The fraction of sp³-hybridized carbons (Fsp3) is 0.348. The standard InChI is InChI=1S/C23H24FN3O3S/c24-18-4-2-16(3-5-18)22(28)17-8-11-27(12-9-17)10-1-13-30-23(29)26-19-6-7-21-20(14-19)25-15-31-21/h2-7,14-15,17H,1,8-13H2,(H,26,29). The van der Waals surface area contributed by atoms with Crippen molar-refractivity contribution in [1.29, 1.82) is 0 Å². The maximum absolute atomic E-state index is 13.0. The number of aromatic nitrogens is 1. The van der Waals surface area contributed by atoms with Crippen LogP contribution in [-0.4, -0.2) is 48.0 Å². The summed E-state index contributed by atoms with van der Waals surface area (Å²) in [7, 11) is 0. The molecular formula is C23H24FN3O3S. The molecule has 1 aliphatic heterocycles. The molecule has 0 atom stereocenters. The van der Waals surface area contributed by atoms with Gasteiger partial charge in [0.05, 0.1) is 22.3 Å². The number of benzene rings is 2. The lowest BCUT2D eigenvalue weighted by molar-refractivity contribution is 0.0830. The number of hydrogen-bond donors (Lipinski definition) is 1. The quantitative estimate of drug-likeness (QED) is 0.414. The topological polar surface area (TPSA) is 71.5 Å². The summed E-state index contributed by atoms with van der Waals surface area (Å²) in [6.07, 6.45) is 1.83. The number of nitrogens with zero attached hydrogens (tertiary/aromatic N) is 2. The van der Waals surface area contributed by atoms with Crippen molar-refractivity contribution < 1.29 is 18.7 Å². The molecule has 0 unspecified atom stereocenters. The van der Waals surface area contributed by atoms with E-state index >= 15 is 0 Å². The summed E-state index contributed by atoms with van der Waals surface area (Å²) < 4.78 is 19.4. The Hall–Kier alpha value is -2.84. The van der Waals surface area contributed by atoms with E-state index in [9.17, 15) is 14.0 Å². The average Bonchev–Trinajstić information content (AvgIpc) is 3.25. The number of carbonyl (C=O) groups excluding carboxylic acids is 2. The van der Waals surface area contributed by atoms with Crippen LogP contribution in [0.2, 0.25) is 0 Å². The molecule has 8 heteroatoms. The zero-order valence-corrected chi connectivity index (χ0v) is 17.9. The molecule has 2 heterocycles. The van der Waals surface area contributed by atoms with Gasteiger partial charge >= 0.3 is 6.09 Å². The molecule has 0 bridgehead atoms. The molecule has 2 aromatic carbocycles. The Balaban J connectivity index is 1.13. The van der Waals surface area contributed by atoms with E-state index in [0.29, 0.717) is 17.9 Å². The monoisotopic (exact) mass is 441 g/mol. The molecular weight excluding hydrogens is 417 g/mol. The summed E-state index contributed by atoms with van der Waals surface area (Å²) in [6, 6.07) is 11.4. The first-order chi connectivity index (χ1) is 15.1. The molecule has 0 aliphatic carbocycles. The second-order valence-electron chi connectivity index (χ2n) is 7.64. The summed E-state index contributed by atoms with van der Waals surface area (Å²) in [4.78, 5) is 31.1. The number of hydrogen-bond acceptors (Lipinski definition) is 6. The van der Waals surface area contributed by atoms with Gasteiger partial charge in [0.2, 0.25) is 0 Å². The highest BCUT2D eigenvalue weighted by Gasteiger charge is 2.25. The predicted molar refractivity (Wildman–Crippen MR) is 119 cm³/mol. The first-order valence-electron chi connectivity index (χ1n) is 10.4. The molecule has 1 amide bonds. The number of piperidine rings is 1. The minimum atomic E-state index is -0.474. The number of amides is 1. The molecule has 0 spiro atoms. The number of thiazole rings is 1. The van der Waals surface area contributed by atoms with E-state index < -0.39 is 6.09 Å². The Kier molecular flexibility index (Phi) is 6.89. The zero-order valence-electron chi connectivity index (χ0n) is 17.1. The largest absolute Gasteiger partial charge is 0.449 e. The second kappa shape index (κ2) is 9.98. The molecule has 1 aliphatic rings. The number of likely N-dealkylation sites (tertiary alicyclic amines) is 1. The Morgan fingerprint density at radius 3 is 2.71 bits per heavy atom. The SMILES string of the molecule is O=C(Nc1ccc2scnc2c1)OCCCN1CCC(C(=O)c2ccc(F)cc2)CC1. The lowest BCUT2D eigenvalue weighted by atomic mass is 9.89. The van der Waals surface area contributed by atoms with E-state index in [2.05, 4.69) is 15.2 Å². The average molecular weight is 442 g/mol. The van der Waals surface area contributed by atoms with Gasteiger partial charge in [0, 0.05) is 23.7 Å². The Morgan fingerprint density at radius 1 is 1.16 bits per heavy atom. The number of fused-ring (bicyclic) bond motifs is 1. The Bertz CT molecular complexity index is 1050. The number of carbonyl (C=O) groups is 2. The van der Waals surface area contributed by atoms with Crippen LogP contribution in [-0.2, 0) is 4.74 Å². The highest BCUT2D eigenvalue weighted by Crippen LogP contribution is 2.23. The third kappa shape index (κ3) is 5.65. The third-order valence-corrected chi connectivity index (χ3v) is 6.33. The lowest BCUT2D eigenvalue weighted by Crippen LogP contribution is -2.37. The zero-order chi connectivity index (χ0) is 21.6. The molecule has 6 nitrogen and oxygen atoms in total. The fourth-order valence-electron chi connectivity index (χ4n) is 3.81. The van der Waals surface area contributed by atoms with Crippen LogP contribution in [0, 0.1) is 11.7 Å². The normalized spacial score (nSPS) is 15.1. The van der Waals surface area contributed by atoms with E-state index in [4.69, 9.17) is 4.74 Å². The first-order valence-corrected chi connectivity index (χ1v) is 11.3. The molecule has 31 heavy (non-hydrogen) atoms. The maximum atomic E-state index is 13.0. The lowest BCUT2D eigenvalue weighted by Gasteiger charge is -2.31. The van der Waals surface area contributed by atoms with Crippen LogP contribution in [0.3, 0.4) is 0 Å². The van der Waals surface area contributed by atoms with E-state index in [1.165, 1.54) is 12.1 Å². The molecule has 162 valence electrons. The summed E-state index contributed by atoms with van der Waals surface area (Å²) >= 11 is 1.55. The van der Waals surface area contributed by atoms with E-state index in [1.807, 2.05) is 18.2 Å². The molecule has 1 N–H and O–H groups in total. The molecule has 0 saturated carbocycles. The van der Waals surface area contributed by atoms with Gasteiger partial charge in [0.25, 0.3) is 0 Å². The minimum absolute atomic E-state index is 0.0150. The van der Waals surface area contributed by atoms with E-state index in [1.54, 1.807) is 29.0 Å². The highest BCUT2D eigenvalue weighted by atomic mass is 32.1. The summed E-state index contributed by atoms with van der Waals surface area (Å²) in [5.41, 5.74) is 3.86. The number of halogens is 1. The van der Waals surface area contributed by atoms with Crippen molar-refractivity contribution in [1.82, 2.24) is 9.88 Å². The van der Waals surface area contributed by atoms with Crippen molar-refractivity contribution in [2.45, 2.75) is 19.3 Å². The summed E-state index contributed by atoms with van der Waals surface area (Å²) in [5, 5.41) is 2.73.